The molecule has 0 aliphatic carbocycles. The molecule has 0 radical (unpaired) electrons. The lowest BCUT2D eigenvalue weighted by molar-refractivity contribution is 0.171. The van der Waals surface area contributed by atoms with Crippen LogP contribution in [0.5, 0.6) is 11.5 Å². The topological polar surface area (TPSA) is 30.5 Å². The normalized spacial score (nSPS) is 20.6. The largest absolute Gasteiger partial charge is 0.486 e. The van der Waals surface area contributed by atoms with Gasteiger partial charge in [-0.2, -0.15) is 0 Å². The summed E-state index contributed by atoms with van der Waals surface area (Å²) in [7, 11) is 0. The lowest BCUT2D eigenvalue weighted by Crippen LogP contribution is -2.37. The van der Waals surface area contributed by atoms with Crippen LogP contribution in [0.1, 0.15) is 44.2 Å². The Balaban J connectivity index is 1.85. The lowest BCUT2D eigenvalue weighted by atomic mass is 9.79. The minimum Gasteiger partial charge on any atom is -0.486 e. The Morgan fingerprint density at radius 2 is 1.84 bits per heavy atom. The molecule has 0 saturated heterocycles. The van der Waals surface area contributed by atoms with Crippen molar-refractivity contribution in [3.8, 4) is 22.6 Å². The van der Waals surface area contributed by atoms with Gasteiger partial charge in [0.1, 0.15) is 13.2 Å². The molecule has 1 N–H and O–H groups in total. The highest BCUT2D eigenvalue weighted by Crippen LogP contribution is 2.48. The maximum atomic E-state index is 6.89. The van der Waals surface area contributed by atoms with Crippen LogP contribution in [0.2, 0.25) is 5.02 Å². The van der Waals surface area contributed by atoms with Gasteiger partial charge in [-0.3, -0.25) is 0 Å². The van der Waals surface area contributed by atoms with Crippen LogP contribution in [0.4, 0.5) is 5.69 Å². The van der Waals surface area contributed by atoms with Crippen molar-refractivity contribution >= 4 is 17.3 Å². The first-order chi connectivity index (χ1) is 11.9. The second kappa shape index (κ2) is 5.84. The van der Waals surface area contributed by atoms with Crippen molar-refractivity contribution in [1.29, 1.82) is 0 Å². The van der Waals surface area contributed by atoms with Crippen molar-refractivity contribution in [2.75, 3.05) is 18.5 Å². The number of halogens is 1. The zero-order valence-electron chi connectivity index (χ0n) is 15.2. The van der Waals surface area contributed by atoms with Crippen LogP contribution in [0.25, 0.3) is 11.1 Å². The summed E-state index contributed by atoms with van der Waals surface area (Å²) in [5.41, 5.74) is 5.85. The number of benzene rings is 2. The molecule has 3 nitrogen and oxygen atoms in total. The van der Waals surface area contributed by atoms with Crippen LogP contribution in [0.3, 0.4) is 0 Å². The molecular formula is C21H24ClNO2. The molecule has 0 bridgehead atoms. The Kier molecular flexibility index (Phi) is 3.88. The highest BCUT2D eigenvalue weighted by molar-refractivity contribution is 6.34. The Bertz CT molecular complexity index is 844. The highest BCUT2D eigenvalue weighted by Gasteiger charge is 2.33. The van der Waals surface area contributed by atoms with E-state index in [2.05, 4.69) is 45.1 Å². The molecule has 0 aromatic heterocycles. The van der Waals surface area contributed by atoms with Crippen LogP contribution in [-0.2, 0) is 0 Å². The molecule has 2 aliphatic rings. The Labute approximate surface area is 154 Å². The summed E-state index contributed by atoms with van der Waals surface area (Å²) >= 11 is 6.89. The van der Waals surface area contributed by atoms with Gasteiger partial charge in [0.25, 0.3) is 0 Å². The van der Waals surface area contributed by atoms with Crippen LogP contribution in [0.15, 0.2) is 24.3 Å². The molecule has 132 valence electrons. The number of aryl methyl sites for hydroxylation is 1. The molecule has 1 unspecified atom stereocenters. The monoisotopic (exact) mass is 357 g/mol. The number of rotatable bonds is 1. The first-order valence-corrected chi connectivity index (χ1v) is 9.25. The van der Waals surface area contributed by atoms with Crippen molar-refractivity contribution in [1.82, 2.24) is 0 Å². The van der Waals surface area contributed by atoms with Gasteiger partial charge < -0.3 is 14.8 Å². The number of nitrogens with one attached hydrogen (secondary N) is 1. The van der Waals surface area contributed by atoms with E-state index >= 15 is 0 Å². The fraction of sp³-hybridized carbons (Fsp3) is 0.429. The van der Waals surface area contributed by atoms with Crippen LogP contribution >= 0.6 is 11.6 Å². The summed E-state index contributed by atoms with van der Waals surface area (Å²) in [5, 5.41) is 4.52. The fourth-order valence-corrected chi connectivity index (χ4v) is 4.57. The quantitative estimate of drug-likeness (QED) is 0.701. The first kappa shape index (κ1) is 16.6. The molecule has 0 saturated carbocycles. The Hall–Kier alpha value is -1.87. The molecule has 4 heteroatoms. The van der Waals surface area contributed by atoms with E-state index in [1.54, 1.807) is 0 Å². The van der Waals surface area contributed by atoms with E-state index < -0.39 is 0 Å². The van der Waals surface area contributed by atoms with E-state index in [9.17, 15) is 0 Å². The standard InChI is InChI=1S/C21H24ClNO2/c1-12-9-15(14-5-6-16-17(10-14)25-8-7-24-16)19(22)18-13(2)11-21(3,4)23-20(12)18/h5-6,9-10,13,23H,7-8,11H2,1-4H3. The third kappa shape index (κ3) is 2.85. The third-order valence-corrected chi connectivity index (χ3v) is 5.53. The van der Waals surface area contributed by atoms with Gasteiger partial charge >= 0.3 is 0 Å². The molecule has 2 heterocycles. The Morgan fingerprint density at radius 3 is 2.60 bits per heavy atom. The van der Waals surface area contributed by atoms with E-state index in [1.165, 1.54) is 16.8 Å². The van der Waals surface area contributed by atoms with Gasteiger partial charge in [-0.05, 0) is 68.0 Å². The number of fused-ring (bicyclic) bond motifs is 2. The summed E-state index contributed by atoms with van der Waals surface area (Å²) in [5.74, 6) is 2.01. The smallest absolute Gasteiger partial charge is 0.161 e. The zero-order valence-corrected chi connectivity index (χ0v) is 16.0. The van der Waals surface area contributed by atoms with Crippen molar-refractivity contribution in [3.05, 3.63) is 40.4 Å². The zero-order chi connectivity index (χ0) is 17.8. The average molecular weight is 358 g/mol. The predicted octanol–water partition coefficient (Wildman–Crippen LogP) is 5.78. The maximum absolute atomic E-state index is 6.89. The summed E-state index contributed by atoms with van der Waals surface area (Å²) in [6, 6.07) is 8.24. The minimum absolute atomic E-state index is 0.0824. The highest BCUT2D eigenvalue weighted by atomic mass is 35.5. The van der Waals surface area contributed by atoms with Gasteiger partial charge in [-0.1, -0.05) is 24.6 Å². The second-order valence-electron chi connectivity index (χ2n) is 7.82. The van der Waals surface area contributed by atoms with Gasteiger partial charge in [0.15, 0.2) is 11.5 Å². The minimum atomic E-state index is 0.0824. The van der Waals surface area contributed by atoms with Crippen LogP contribution < -0.4 is 14.8 Å². The summed E-state index contributed by atoms with van der Waals surface area (Å²) in [4.78, 5) is 0. The molecule has 0 fully saturated rings. The van der Waals surface area contributed by atoms with Crippen LogP contribution in [0, 0.1) is 6.92 Å². The van der Waals surface area contributed by atoms with Gasteiger partial charge in [0.2, 0.25) is 0 Å². The van der Waals surface area contributed by atoms with Crippen molar-refractivity contribution in [2.45, 2.75) is 45.6 Å². The van der Waals surface area contributed by atoms with E-state index in [1.807, 2.05) is 12.1 Å². The molecule has 4 rings (SSSR count). The van der Waals surface area contributed by atoms with Crippen LogP contribution in [-0.4, -0.2) is 18.8 Å². The Morgan fingerprint density at radius 1 is 1.12 bits per heavy atom. The number of anilines is 1. The number of hydrogen-bond acceptors (Lipinski definition) is 3. The van der Waals surface area contributed by atoms with Gasteiger partial charge in [0.05, 0.1) is 5.02 Å². The third-order valence-electron chi connectivity index (χ3n) is 5.12. The molecule has 1 atom stereocenters. The molecule has 0 amide bonds. The molecule has 2 aliphatic heterocycles. The van der Waals surface area contributed by atoms with E-state index in [0.717, 1.165) is 34.1 Å². The summed E-state index contributed by atoms with van der Waals surface area (Å²) in [6.45, 7) is 10.1. The molecule has 2 aromatic carbocycles. The molecular weight excluding hydrogens is 334 g/mol. The molecule has 25 heavy (non-hydrogen) atoms. The van der Waals surface area contributed by atoms with Gasteiger partial charge in [0, 0.05) is 16.8 Å². The van der Waals surface area contributed by atoms with E-state index in [0.29, 0.717) is 19.1 Å². The van der Waals surface area contributed by atoms with Crippen molar-refractivity contribution < 1.29 is 9.47 Å². The number of hydrogen-bond donors (Lipinski definition) is 1. The number of ether oxygens (including phenoxy) is 2. The van der Waals surface area contributed by atoms with Crippen molar-refractivity contribution in [2.24, 2.45) is 0 Å². The summed E-state index contributed by atoms with van der Waals surface area (Å²) < 4.78 is 11.4. The maximum Gasteiger partial charge on any atom is 0.161 e. The summed E-state index contributed by atoms with van der Waals surface area (Å²) in [6.07, 6.45) is 1.06. The second-order valence-corrected chi connectivity index (χ2v) is 8.19. The average Bonchev–Trinajstić information content (AvgIpc) is 2.56. The van der Waals surface area contributed by atoms with Crippen molar-refractivity contribution in [3.63, 3.8) is 0 Å². The molecule has 0 spiro atoms. The fourth-order valence-electron chi connectivity index (χ4n) is 4.13. The van der Waals surface area contributed by atoms with Gasteiger partial charge in [-0.25, -0.2) is 0 Å². The molecule has 2 aromatic rings. The van der Waals surface area contributed by atoms with E-state index in [4.69, 9.17) is 21.1 Å². The first-order valence-electron chi connectivity index (χ1n) is 8.87. The van der Waals surface area contributed by atoms with Gasteiger partial charge in [-0.15, -0.1) is 0 Å². The van der Waals surface area contributed by atoms with E-state index in [-0.39, 0.29) is 5.54 Å². The SMILES string of the molecule is Cc1cc(-c2ccc3c(c2)OCCO3)c(Cl)c2c1NC(C)(C)CC2C. The predicted molar refractivity (Wildman–Crippen MR) is 103 cm³/mol. The lowest BCUT2D eigenvalue weighted by Gasteiger charge is -2.39.